The van der Waals surface area contributed by atoms with E-state index in [-0.39, 0.29) is 12.1 Å². The normalized spacial score (nSPS) is 12.5. The number of benzene rings is 2. The highest BCUT2D eigenvalue weighted by Gasteiger charge is 2.12. The van der Waals surface area contributed by atoms with Gasteiger partial charge in [0.05, 0.1) is 13.2 Å². The fraction of sp³-hybridized carbons (Fsp3) is 0.333. The highest BCUT2D eigenvalue weighted by Crippen LogP contribution is 2.31. The first-order chi connectivity index (χ1) is 12.1. The van der Waals surface area contributed by atoms with Crippen LogP contribution in [0.15, 0.2) is 48.7 Å². The summed E-state index contributed by atoms with van der Waals surface area (Å²) >= 11 is 0. The van der Waals surface area contributed by atoms with E-state index in [1.54, 1.807) is 7.11 Å². The van der Waals surface area contributed by atoms with Gasteiger partial charge < -0.3 is 19.8 Å². The van der Waals surface area contributed by atoms with E-state index in [2.05, 4.69) is 47.6 Å². The molecule has 4 nitrogen and oxygen atoms in total. The SMILES string of the molecule is COc1cc(C(C)NCc2cccc3[nH]ccc23)ccc1OC(C)C. The molecule has 1 unspecified atom stereocenters. The molecule has 1 atom stereocenters. The Balaban J connectivity index is 1.72. The van der Waals surface area contributed by atoms with Crippen LogP contribution in [0.3, 0.4) is 0 Å². The number of methoxy groups -OCH3 is 1. The second-order valence-corrected chi connectivity index (χ2v) is 6.54. The number of aromatic nitrogens is 1. The molecular weight excluding hydrogens is 312 g/mol. The predicted molar refractivity (Wildman–Crippen MR) is 102 cm³/mol. The summed E-state index contributed by atoms with van der Waals surface area (Å²) in [6.07, 6.45) is 2.10. The molecule has 0 radical (unpaired) electrons. The monoisotopic (exact) mass is 338 g/mol. The molecule has 0 amide bonds. The zero-order valence-corrected chi connectivity index (χ0v) is 15.3. The predicted octanol–water partition coefficient (Wildman–Crippen LogP) is 4.81. The Morgan fingerprint density at radius 3 is 2.64 bits per heavy atom. The average Bonchev–Trinajstić information content (AvgIpc) is 3.08. The van der Waals surface area contributed by atoms with E-state index in [0.29, 0.717) is 0 Å². The second kappa shape index (κ2) is 7.62. The minimum Gasteiger partial charge on any atom is -0.493 e. The van der Waals surface area contributed by atoms with Gasteiger partial charge in [0, 0.05) is 29.7 Å². The van der Waals surface area contributed by atoms with Gasteiger partial charge in [0.1, 0.15) is 0 Å². The minimum atomic E-state index is 0.122. The maximum Gasteiger partial charge on any atom is 0.161 e. The van der Waals surface area contributed by atoms with E-state index in [1.165, 1.54) is 22.0 Å². The van der Waals surface area contributed by atoms with Crippen molar-refractivity contribution in [3.05, 3.63) is 59.8 Å². The Morgan fingerprint density at radius 2 is 1.88 bits per heavy atom. The molecule has 3 aromatic rings. The third-order valence-electron chi connectivity index (χ3n) is 4.33. The molecule has 2 N–H and O–H groups in total. The zero-order valence-electron chi connectivity index (χ0n) is 15.3. The van der Waals surface area contributed by atoms with Gasteiger partial charge in [-0.15, -0.1) is 0 Å². The smallest absolute Gasteiger partial charge is 0.161 e. The van der Waals surface area contributed by atoms with Crippen LogP contribution in [0.5, 0.6) is 11.5 Å². The Morgan fingerprint density at radius 1 is 1.04 bits per heavy atom. The maximum atomic E-state index is 5.79. The number of hydrogen-bond acceptors (Lipinski definition) is 3. The van der Waals surface area contributed by atoms with Crippen molar-refractivity contribution in [1.29, 1.82) is 0 Å². The molecule has 0 aliphatic rings. The van der Waals surface area contributed by atoms with Gasteiger partial charge in [-0.2, -0.15) is 0 Å². The number of ether oxygens (including phenoxy) is 2. The summed E-state index contributed by atoms with van der Waals surface area (Å²) in [4.78, 5) is 3.26. The fourth-order valence-electron chi connectivity index (χ4n) is 2.99. The van der Waals surface area contributed by atoms with E-state index in [4.69, 9.17) is 9.47 Å². The molecule has 0 aliphatic heterocycles. The summed E-state index contributed by atoms with van der Waals surface area (Å²) in [6.45, 7) is 7.00. The third kappa shape index (κ3) is 3.97. The lowest BCUT2D eigenvalue weighted by atomic mass is 10.1. The van der Waals surface area contributed by atoms with E-state index >= 15 is 0 Å². The maximum absolute atomic E-state index is 5.79. The lowest BCUT2D eigenvalue weighted by molar-refractivity contribution is 0.230. The minimum absolute atomic E-state index is 0.122. The van der Waals surface area contributed by atoms with Gasteiger partial charge >= 0.3 is 0 Å². The van der Waals surface area contributed by atoms with Gasteiger partial charge in [-0.05, 0) is 56.2 Å². The largest absolute Gasteiger partial charge is 0.493 e. The van der Waals surface area contributed by atoms with Crippen molar-refractivity contribution in [2.45, 2.75) is 39.5 Å². The highest BCUT2D eigenvalue weighted by atomic mass is 16.5. The molecule has 0 spiro atoms. The van der Waals surface area contributed by atoms with Gasteiger partial charge in [-0.1, -0.05) is 18.2 Å². The van der Waals surface area contributed by atoms with Crippen molar-refractivity contribution < 1.29 is 9.47 Å². The molecule has 0 bridgehead atoms. The molecule has 3 rings (SSSR count). The number of hydrogen-bond donors (Lipinski definition) is 2. The van der Waals surface area contributed by atoms with Crippen LogP contribution in [-0.4, -0.2) is 18.2 Å². The zero-order chi connectivity index (χ0) is 17.8. The molecule has 132 valence electrons. The number of rotatable bonds is 7. The first-order valence-electron chi connectivity index (χ1n) is 8.71. The topological polar surface area (TPSA) is 46.3 Å². The molecule has 0 saturated heterocycles. The van der Waals surface area contributed by atoms with Crippen LogP contribution in [0.4, 0.5) is 0 Å². The van der Waals surface area contributed by atoms with Crippen molar-refractivity contribution in [2.24, 2.45) is 0 Å². The third-order valence-corrected chi connectivity index (χ3v) is 4.33. The second-order valence-electron chi connectivity index (χ2n) is 6.54. The van der Waals surface area contributed by atoms with Crippen molar-refractivity contribution in [1.82, 2.24) is 10.3 Å². The molecule has 0 saturated carbocycles. The first-order valence-corrected chi connectivity index (χ1v) is 8.71. The molecule has 1 heterocycles. The van der Waals surface area contributed by atoms with Crippen molar-refractivity contribution in [3.8, 4) is 11.5 Å². The fourth-order valence-corrected chi connectivity index (χ4v) is 2.99. The highest BCUT2D eigenvalue weighted by molar-refractivity contribution is 5.82. The van der Waals surface area contributed by atoms with Crippen LogP contribution in [0.1, 0.15) is 37.9 Å². The van der Waals surface area contributed by atoms with E-state index in [9.17, 15) is 0 Å². The molecular formula is C21H26N2O2. The van der Waals surface area contributed by atoms with Gasteiger partial charge in [0.2, 0.25) is 0 Å². The number of nitrogens with one attached hydrogen (secondary N) is 2. The molecule has 4 heteroatoms. The van der Waals surface area contributed by atoms with Crippen LogP contribution >= 0.6 is 0 Å². The number of fused-ring (bicyclic) bond motifs is 1. The number of aromatic amines is 1. The molecule has 0 fully saturated rings. The molecule has 25 heavy (non-hydrogen) atoms. The van der Waals surface area contributed by atoms with Gasteiger partial charge in [0.25, 0.3) is 0 Å². The van der Waals surface area contributed by atoms with Crippen molar-refractivity contribution in [2.75, 3.05) is 7.11 Å². The lowest BCUT2D eigenvalue weighted by Gasteiger charge is -2.18. The Kier molecular flexibility index (Phi) is 5.29. The van der Waals surface area contributed by atoms with E-state index in [0.717, 1.165) is 18.0 Å². The van der Waals surface area contributed by atoms with Crippen LogP contribution in [0.2, 0.25) is 0 Å². The Labute approximate surface area is 149 Å². The van der Waals surface area contributed by atoms with Crippen LogP contribution in [-0.2, 0) is 6.54 Å². The van der Waals surface area contributed by atoms with Gasteiger partial charge in [-0.3, -0.25) is 0 Å². The van der Waals surface area contributed by atoms with Gasteiger partial charge in [-0.25, -0.2) is 0 Å². The Bertz CT molecular complexity index is 839. The first kappa shape index (κ1) is 17.4. The summed E-state index contributed by atoms with van der Waals surface area (Å²) in [6, 6.07) is 14.8. The van der Waals surface area contributed by atoms with Crippen molar-refractivity contribution in [3.63, 3.8) is 0 Å². The van der Waals surface area contributed by atoms with E-state index < -0.39 is 0 Å². The van der Waals surface area contributed by atoms with Crippen LogP contribution in [0.25, 0.3) is 10.9 Å². The van der Waals surface area contributed by atoms with Gasteiger partial charge in [0.15, 0.2) is 11.5 Å². The molecule has 1 aromatic heterocycles. The average molecular weight is 338 g/mol. The summed E-state index contributed by atoms with van der Waals surface area (Å²) in [7, 11) is 1.68. The van der Waals surface area contributed by atoms with Crippen LogP contribution in [0, 0.1) is 0 Å². The van der Waals surface area contributed by atoms with Crippen molar-refractivity contribution >= 4 is 10.9 Å². The quantitative estimate of drug-likeness (QED) is 0.649. The number of H-pyrrole nitrogens is 1. The molecule has 0 aliphatic carbocycles. The summed E-state index contributed by atoms with van der Waals surface area (Å²) in [5.41, 5.74) is 3.63. The Hall–Kier alpha value is -2.46. The molecule has 2 aromatic carbocycles. The lowest BCUT2D eigenvalue weighted by Crippen LogP contribution is -2.18. The standard InChI is InChI=1S/C21H26N2O2/c1-14(2)25-20-9-8-16(12-21(20)24-4)15(3)23-13-17-6-5-7-19-18(17)10-11-22-19/h5-12,14-15,22-23H,13H2,1-4H3. The van der Waals surface area contributed by atoms with E-state index in [1.807, 2.05) is 32.2 Å². The summed E-state index contributed by atoms with van der Waals surface area (Å²) < 4.78 is 11.3. The summed E-state index contributed by atoms with van der Waals surface area (Å²) in [5.74, 6) is 1.55. The van der Waals surface area contributed by atoms with Crippen LogP contribution < -0.4 is 14.8 Å². The summed E-state index contributed by atoms with van der Waals surface area (Å²) in [5, 5.41) is 4.86.